The number of aryl methyl sites for hydroxylation is 1. The van der Waals surface area contributed by atoms with Crippen molar-refractivity contribution >= 4 is 27.8 Å². The molecule has 3 rings (SSSR count). The second-order valence-electron chi connectivity index (χ2n) is 5.18. The lowest BCUT2D eigenvalue weighted by Gasteiger charge is -2.04. The molecule has 122 valence electrons. The number of rotatable bonds is 5. The van der Waals surface area contributed by atoms with Crippen molar-refractivity contribution in [2.45, 2.75) is 6.92 Å². The summed E-state index contributed by atoms with van der Waals surface area (Å²) in [7, 11) is 1.41. The van der Waals surface area contributed by atoms with Crippen LogP contribution in [-0.4, -0.2) is 17.0 Å². The van der Waals surface area contributed by atoms with Crippen LogP contribution >= 0.6 is 11.3 Å². The summed E-state index contributed by atoms with van der Waals surface area (Å²) in [5.74, 6) is 0.233. The summed E-state index contributed by atoms with van der Waals surface area (Å²) in [6.07, 6.45) is 0. The van der Waals surface area contributed by atoms with Crippen molar-refractivity contribution in [2.75, 3.05) is 12.4 Å². The van der Waals surface area contributed by atoms with E-state index in [0.29, 0.717) is 11.3 Å². The predicted molar refractivity (Wildman–Crippen MR) is 95.2 cm³/mol. The lowest BCUT2D eigenvalue weighted by Crippen LogP contribution is -1.94. The second kappa shape index (κ2) is 6.67. The molecule has 0 atom stereocenters. The van der Waals surface area contributed by atoms with E-state index in [-0.39, 0.29) is 11.4 Å². The molecular weight excluding hydrogens is 326 g/mol. The number of methoxy groups -OCH3 is 1. The molecule has 1 N–H and O–H groups in total. The van der Waals surface area contributed by atoms with Gasteiger partial charge in [-0.05, 0) is 36.8 Å². The molecule has 0 saturated heterocycles. The number of nitro benzene ring substituents is 1. The molecule has 0 bridgehead atoms. The summed E-state index contributed by atoms with van der Waals surface area (Å²) in [4.78, 5) is 15.2. The van der Waals surface area contributed by atoms with E-state index >= 15 is 0 Å². The van der Waals surface area contributed by atoms with Gasteiger partial charge in [0.15, 0.2) is 10.9 Å². The Hall–Kier alpha value is -2.93. The Bertz CT molecular complexity index is 892. The number of aromatic nitrogens is 1. The summed E-state index contributed by atoms with van der Waals surface area (Å²) in [6, 6.07) is 12.8. The third-order valence-corrected chi connectivity index (χ3v) is 4.20. The number of nitrogens with one attached hydrogen (secondary N) is 1. The molecule has 7 heteroatoms. The molecular formula is C17H15N3O3S. The van der Waals surface area contributed by atoms with Crippen molar-refractivity contribution in [3.8, 4) is 17.0 Å². The molecule has 1 aromatic heterocycles. The van der Waals surface area contributed by atoms with Crippen LogP contribution in [0.15, 0.2) is 47.8 Å². The van der Waals surface area contributed by atoms with E-state index in [1.165, 1.54) is 24.5 Å². The normalized spacial score (nSPS) is 10.4. The minimum Gasteiger partial charge on any atom is -0.490 e. The quantitative estimate of drug-likeness (QED) is 0.534. The van der Waals surface area contributed by atoms with E-state index in [1.807, 2.05) is 36.6 Å². The highest BCUT2D eigenvalue weighted by molar-refractivity contribution is 7.14. The number of hydrogen-bond acceptors (Lipinski definition) is 6. The molecule has 1 heterocycles. The zero-order valence-electron chi connectivity index (χ0n) is 13.1. The maximum Gasteiger partial charge on any atom is 0.311 e. The van der Waals surface area contributed by atoms with Crippen LogP contribution in [0, 0.1) is 17.0 Å². The fourth-order valence-electron chi connectivity index (χ4n) is 2.30. The first-order valence-corrected chi connectivity index (χ1v) is 8.07. The molecule has 0 aliphatic heterocycles. The number of anilines is 2. The highest BCUT2D eigenvalue weighted by Gasteiger charge is 2.17. The van der Waals surface area contributed by atoms with Crippen molar-refractivity contribution in [3.63, 3.8) is 0 Å². The van der Waals surface area contributed by atoms with Crippen molar-refractivity contribution in [1.29, 1.82) is 0 Å². The van der Waals surface area contributed by atoms with Crippen LogP contribution in [0.1, 0.15) is 5.56 Å². The second-order valence-corrected chi connectivity index (χ2v) is 6.03. The van der Waals surface area contributed by atoms with E-state index in [2.05, 4.69) is 10.3 Å². The summed E-state index contributed by atoms with van der Waals surface area (Å²) >= 11 is 1.45. The maximum atomic E-state index is 11.1. The smallest absolute Gasteiger partial charge is 0.311 e. The van der Waals surface area contributed by atoms with E-state index < -0.39 is 4.92 Å². The summed E-state index contributed by atoms with van der Waals surface area (Å²) in [5, 5.41) is 17.0. The first-order valence-electron chi connectivity index (χ1n) is 7.19. The monoisotopic (exact) mass is 341 g/mol. The lowest BCUT2D eigenvalue weighted by atomic mass is 10.1. The zero-order valence-corrected chi connectivity index (χ0v) is 14.0. The topological polar surface area (TPSA) is 77.3 Å². The third kappa shape index (κ3) is 3.36. The number of hydrogen-bond donors (Lipinski definition) is 1. The van der Waals surface area contributed by atoms with Crippen LogP contribution in [0.5, 0.6) is 5.75 Å². The minimum atomic E-state index is -0.458. The number of benzene rings is 2. The summed E-state index contributed by atoms with van der Waals surface area (Å²) < 4.78 is 5.02. The number of thiazole rings is 1. The number of nitrogens with zero attached hydrogens (tertiary/aromatic N) is 2. The molecule has 3 aromatic rings. The van der Waals surface area contributed by atoms with Crippen LogP contribution in [0.4, 0.5) is 16.5 Å². The SMILES string of the molecule is COc1ccc(-c2csc(Nc3cccc(C)c3)n2)cc1[N+](=O)[O-]. The largest absolute Gasteiger partial charge is 0.490 e. The highest BCUT2D eigenvalue weighted by atomic mass is 32.1. The van der Waals surface area contributed by atoms with Crippen LogP contribution in [0.25, 0.3) is 11.3 Å². The Kier molecular flexibility index (Phi) is 4.43. The molecule has 0 saturated carbocycles. The Morgan fingerprint density at radius 3 is 2.79 bits per heavy atom. The van der Waals surface area contributed by atoms with Gasteiger partial charge in [-0.1, -0.05) is 12.1 Å². The van der Waals surface area contributed by atoms with Crippen LogP contribution in [0.3, 0.4) is 0 Å². The van der Waals surface area contributed by atoms with Crippen LogP contribution in [0.2, 0.25) is 0 Å². The molecule has 24 heavy (non-hydrogen) atoms. The molecule has 0 unspecified atom stereocenters. The highest BCUT2D eigenvalue weighted by Crippen LogP contribution is 2.33. The van der Waals surface area contributed by atoms with E-state index in [1.54, 1.807) is 12.1 Å². The molecule has 0 amide bonds. The van der Waals surface area contributed by atoms with Crippen molar-refractivity contribution in [1.82, 2.24) is 4.98 Å². The molecule has 0 radical (unpaired) electrons. The predicted octanol–water partition coefficient (Wildman–Crippen LogP) is 4.78. The van der Waals surface area contributed by atoms with Crippen molar-refractivity contribution in [2.24, 2.45) is 0 Å². The van der Waals surface area contributed by atoms with Gasteiger partial charge in [-0.15, -0.1) is 11.3 Å². The van der Waals surface area contributed by atoms with Crippen molar-refractivity contribution < 1.29 is 9.66 Å². The van der Waals surface area contributed by atoms with Gasteiger partial charge in [0.25, 0.3) is 0 Å². The average Bonchev–Trinajstić information content (AvgIpc) is 3.02. The van der Waals surface area contributed by atoms with Gasteiger partial charge in [0.05, 0.1) is 17.7 Å². The third-order valence-electron chi connectivity index (χ3n) is 3.44. The molecule has 0 aliphatic rings. The summed E-state index contributed by atoms with van der Waals surface area (Å²) in [5.41, 5.74) is 3.40. The van der Waals surface area contributed by atoms with E-state index in [9.17, 15) is 10.1 Å². The molecule has 6 nitrogen and oxygen atoms in total. The van der Waals surface area contributed by atoms with Gasteiger partial charge in [-0.3, -0.25) is 10.1 Å². The maximum absolute atomic E-state index is 11.1. The Morgan fingerprint density at radius 2 is 2.08 bits per heavy atom. The molecule has 0 aliphatic carbocycles. The number of nitro groups is 1. The van der Waals surface area contributed by atoms with Crippen LogP contribution in [-0.2, 0) is 0 Å². The fraction of sp³-hybridized carbons (Fsp3) is 0.118. The Balaban J connectivity index is 1.88. The van der Waals surface area contributed by atoms with Gasteiger partial charge in [0.1, 0.15) is 0 Å². The van der Waals surface area contributed by atoms with Gasteiger partial charge in [-0.25, -0.2) is 4.98 Å². The molecule has 2 aromatic carbocycles. The Labute approximate surface area is 142 Å². The van der Waals surface area contributed by atoms with E-state index in [0.717, 1.165) is 16.4 Å². The number of ether oxygens (including phenoxy) is 1. The molecule has 0 fully saturated rings. The first-order chi connectivity index (χ1) is 11.6. The van der Waals surface area contributed by atoms with Crippen LogP contribution < -0.4 is 10.1 Å². The van der Waals surface area contributed by atoms with Gasteiger partial charge >= 0.3 is 5.69 Å². The average molecular weight is 341 g/mol. The zero-order chi connectivity index (χ0) is 17.1. The summed E-state index contributed by atoms with van der Waals surface area (Å²) in [6.45, 7) is 2.02. The Morgan fingerprint density at radius 1 is 1.25 bits per heavy atom. The molecule has 0 spiro atoms. The van der Waals surface area contributed by atoms with Gasteiger partial charge in [0.2, 0.25) is 0 Å². The lowest BCUT2D eigenvalue weighted by molar-refractivity contribution is -0.385. The standard InChI is InChI=1S/C17H15N3O3S/c1-11-4-3-5-13(8-11)18-17-19-14(10-24-17)12-6-7-16(23-2)15(9-12)20(21)22/h3-10H,1-2H3,(H,18,19). The van der Waals surface area contributed by atoms with E-state index in [4.69, 9.17) is 4.74 Å². The van der Waals surface area contributed by atoms with Crippen molar-refractivity contribution in [3.05, 3.63) is 63.5 Å². The van der Waals surface area contributed by atoms with Gasteiger partial charge in [0, 0.05) is 22.7 Å². The fourth-order valence-corrected chi connectivity index (χ4v) is 3.04. The first kappa shape index (κ1) is 15.9. The van der Waals surface area contributed by atoms with Gasteiger partial charge < -0.3 is 10.1 Å². The minimum absolute atomic E-state index is 0.0730. The van der Waals surface area contributed by atoms with Gasteiger partial charge in [-0.2, -0.15) is 0 Å².